The van der Waals surface area contributed by atoms with E-state index in [2.05, 4.69) is 67.6 Å². The molecule has 1 aliphatic carbocycles. The molecule has 1 aliphatic rings. The predicted octanol–water partition coefficient (Wildman–Crippen LogP) is -1.73. The number of hydrogen-bond acceptors (Lipinski definition) is 1. The Morgan fingerprint density at radius 2 is 1.65 bits per heavy atom. The zero-order valence-corrected chi connectivity index (χ0v) is 16.0. The van der Waals surface area contributed by atoms with Gasteiger partial charge in [0.05, 0.1) is 0 Å². The first-order chi connectivity index (χ1) is 10.3. The minimum Gasteiger partial charge on any atom is -1.00 e. The Morgan fingerprint density at radius 1 is 0.957 bits per heavy atom. The second-order valence-corrected chi connectivity index (χ2v) is 6.85. The molecule has 0 radical (unpaired) electrons. The van der Waals surface area contributed by atoms with Crippen LogP contribution in [0.25, 0.3) is 5.57 Å². The molecule has 0 aliphatic heterocycles. The van der Waals surface area contributed by atoms with Crippen LogP contribution >= 0.6 is 0 Å². The maximum atomic E-state index is 6.01. The Morgan fingerprint density at radius 3 is 2.35 bits per heavy atom. The molecule has 0 saturated heterocycles. The number of allylic oxidation sites excluding steroid dienone is 4. The van der Waals surface area contributed by atoms with Crippen molar-refractivity contribution < 1.29 is 47.7 Å². The first kappa shape index (κ1) is 20.2. The molecule has 0 bridgehead atoms. The summed E-state index contributed by atoms with van der Waals surface area (Å²) in [5.74, 6) is 0. The number of halogens is 2. The minimum absolute atomic E-state index is 0. The number of hydrogen-bond donors (Lipinski definition) is 0. The Bertz CT molecular complexity index is 681. The summed E-state index contributed by atoms with van der Waals surface area (Å²) in [5, 5.41) is 0. The first-order valence-electron chi connectivity index (χ1n) is 7.21. The van der Waals surface area contributed by atoms with E-state index >= 15 is 0 Å². The van der Waals surface area contributed by atoms with Gasteiger partial charge in [-0.1, -0.05) is 0 Å². The predicted molar refractivity (Wildman–Crippen MR) is 83.7 cm³/mol. The van der Waals surface area contributed by atoms with Gasteiger partial charge in [0.2, 0.25) is 0 Å². The van der Waals surface area contributed by atoms with Gasteiger partial charge in [-0.2, -0.15) is 0 Å². The van der Waals surface area contributed by atoms with Crippen molar-refractivity contribution in [2.24, 2.45) is 0 Å². The van der Waals surface area contributed by atoms with E-state index in [1.54, 1.807) is 0 Å². The van der Waals surface area contributed by atoms with E-state index in [-0.39, 0.29) is 24.8 Å². The van der Waals surface area contributed by atoms with Crippen LogP contribution in [0.3, 0.4) is 0 Å². The summed E-state index contributed by atoms with van der Waals surface area (Å²) in [7, 11) is 0. The summed E-state index contributed by atoms with van der Waals surface area (Å²) in [6.45, 7) is 2.88. The summed E-state index contributed by atoms with van der Waals surface area (Å²) >= 11 is -0.563. The molecule has 1 nitrogen and oxygen atoms in total. The Hall–Kier alpha value is -0.826. The Labute approximate surface area is 160 Å². The quantitative estimate of drug-likeness (QED) is 0.560. The molecule has 0 N–H and O–H groups in total. The zero-order valence-electron chi connectivity index (χ0n) is 12.9. The molecule has 3 rings (SSSR count). The van der Waals surface area contributed by atoms with Crippen molar-refractivity contribution in [2.75, 3.05) is 0 Å². The molecule has 23 heavy (non-hydrogen) atoms. The van der Waals surface area contributed by atoms with Gasteiger partial charge < -0.3 is 24.8 Å². The molecule has 0 heterocycles. The monoisotopic (exact) mass is 380 g/mol. The second-order valence-electron chi connectivity index (χ2n) is 5.24. The summed E-state index contributed by atoms with van der Waals surface area (Å²) in [6, 6.07) is 19.1. The average molecular weight is 381 g/mol. The molecular formula is C19H18Cl2OTi. The molecule has 2 aromatic carbocycles. The van der Waals surface area contributed by atoms with Gasteiger partial charge >= 0.3 is 136 Å². The Balaban J connectivity index is 0.00000132. The molecule has 0 aromatic heterocycles. The van der Waals surface area contributed by atoms with Crippen LogP contribution in [0.1, 0.15) is 24.5 Å². The third kappa shape index (κ3) is 5.63. The van der Waals surface area contributed by atoms with Crippen LogP contribution < -0.4 is 28.7 Å². The maximum Gasteiger partial charge on any atom is -1.00 e. The molecular weight excluding hydrogens is 363 g/mol. The van der Waals surface area contributed by atoms with E-state index in [4.69, 9.17) is 3.32 Å². The van der Waals surface area contributed by atoms with Gasteiger partial charge in [0, 0.05) is 0 Å². The van der Waals surface area contributed by atoms with Gasteiger partial charge in [-0.25, -0.2) is 0 Å². The van der Waals surface area contributed by atoms with Crippen molar-refractivity contribution in [3.8, 4) is 0 Å². The third-order valence-corrected chi connectivity index (χ3v) is 5.06. The van der Waals surface area contributed by atoms with Crippen LogP contribution in [-0.4, -0.2) is 0 Å². The van der Waals surface area contributed by atoms with Gasteiger partial charge in [0.1, 0.15) is 0 Å². The van der Waals surface area contributed by atoms with E-state index < -0.39 is 19.5 Å². The zero-order chi connectivity index (χ0) is 14.5. The third-order valence-electron chi connectivity index (χ3n) is 3.58. The van der Waals surface area contributed by atoms with E-state index in [0.717, 1.165) is 6.42 Å². The second kappa shape index (κ2) is 10.1. The van der Waals surface area contributed by atoms with E-state index in [1.165, 1.54) is 26.1 Å². The van der Waals surface area contributed by atoms with Crippen molar-refractivity contribution in [2.45, 2.75) is 20.0 Å². The molecule has 0 amide bonds. The molecule has 0 spiro atoms. The van der Waals surface area contributed by atoms with Crippen molar-refractivity contribution >= 4 is 9.44 Å². The van der Waals surface area contributed by atoms with Crippen molar-refractivity contribution in [1.82, 2.24) is 0 Å². The van der Waals surface area contributed by atoms with Crippen LogP contribution in [0, 0.1) is 0 Å². The normalized spacial score (nSPS) is 12.4. The van der Waals surface area contributed by atoms with Crippen molar-refractivity contribution in [3.63, 3.8) is 0 Å². The van der Waals surface area contributed by atoms with E-state index in [0.29, 0.717) is 6.61 Å². The molecule has 0 fully saturated rings. The summed E-state index contributed by atoms with van der Waals surface area (Å²) in [6.07, 6.45) is 5.63. The molecule has 0 atom stereocenters. The van der Waals surface area contributed by atoms with Crippen LogP contribution in [0.4, 0.5) is 0 Å². The summed E-state index contributed by atoms with van der Waals surface area (Å²) in [4.78, 5) is 0. The van der Waals surface area contributed by atoms with Gasteiger partial charge in [-0.05, 0) is 0 Å². The number of rotatable bonds is 5. The molecule has 0 unspecified atom stereocenters. The van der Waals surface area contributed by atoms with Crippen LogP contribution in [0.15, 0.2) is 72.3 Å². The fraction of sp³-hybridized carbons (Fsp3) is 0.158. The maximum absolute atomic E-state index is 6.01. The average Bonchev–Trinajstić information content (AvgIpc) is 2.95. The molecule has 118 valence electrons. The molecule has 0 saturated carbocycles. The van der Waals surface area contributed by atoms with Crippen molar-refractivity contribution in [1.29, 1.82) is 0 Å². The summed E-state index contributed by atoms with van der Waals surface area (Å²) < 4.78 is 7.41. The van der Waals surface area contributed by atoms with Crippen molar-refractivity contribution in [3.05, 3.63) is 83.4 Å². The smallest absolute Gasteiger partial charge is 1.00 e. The minimum atomic E-state index is -0.563. The van der Waals surface area contributed by atoms with Crippen LogP contribution in [0.2, 0.25) is 0 Å². The fourth-order valence-corrected chi connectivity index (χ4v) is 3.90. The number of benzene rings is 2. The fourth-order valence-electron chi connectivity index (χ4n) is 2.47. The van der Waals surface area contributed by atoms with Gasteiger partial charge in [-0.3, -0.25) is 0 Å². The van der Waals surface area contributed by atoms with Gasteiger partial charge in [0.25, 0.3) is 0 Å². The molecule has 4 heteroatoms. The largest absolute Gasteiger partial charge is 1.00 e. The Kier molecular flexibility index (Phi) is 8.90. The first-order valence-corrected chi connectivity index (χ1v) is 8.63. The van der Waals surface area contributed by atoms with Gasteiger partial charge in [0.15, 0.2) is 0 Å². The van der Waals surface area contributed by atoms with E-state index in [1.807, 2.05) is 6.07 Å². The summed E-state index contributed by atoms with van der Waals surface area (Å²) in [5.41, 5.74) is 5.41. The van der Waals surface area contributed by atoms with Crippen LogP contribution in [-0.2, 0) is 29.5 Å². The standard InChI is InChI=1S/C12H11.C7H7O.2ClH.Ti/c1-10-7-8-12(9-10)11-5-3-2-4-6-11;8-6-7-4-2-1-3-5-7;;;/h2-5,7,9H,8H2,1H3;1-5H,6H2;2*1H;/q;-1;;;+3/p-2. The molecule has 2 aromatic rings. The topological polar surface area (TPSA) is 9.23 Å². The van der Waals surface area contributed by atoms with E-state index in [9.17, 15) is 0 Å². The van der Waals surface area contributed by atoms with Gasteiger partial charge in [-0.15, -0.1) is 0 Å². The van der Waals surface area contributed by atoms with Crippen LogP contribution in [0.5, 0.6) is 0 Å². The SMILES string of the molecule is CC1=CCC(c2cccc[c]2[Ti+2][O]Cc2ccccc2)=C1.[Cl-].[Cl-].